The molecule has 0 fully saturated rings. The Kier molecular flexibility index (Phi) is 18.2. The van der Waals surface area contributed by atoms with Crippen molar-refractivity contribution in [1.82, 2.24) is 0 Å². The second-order valence-electron chi connectivity index (χ2n) is 9.14. The lowest BCUT2D eigenvalue weighted by Crippen LogP contribution is -2.39. The van der Waals surface area contributed by atoms with Gasteiger partial charge in [-0.05, 0) is 24.8 Å². The number of unbranched alkanes of at least 4 members (excludes halogenated alkanes) is 10. The molecule has 0 radical (unpaired) electrons. The van der Waals surface area contributed by atoms with E-state index < -0.39 is 6.29 Å². The summed E-state index contributed by atoms with van der Waals surface area (Å²) in [5, 5.41) is 10.2. The first kappa shape index (κ1) is 28.6. The molecule has 0 heterocycles. The van der Waals surface area contributed by atoms with Crippen LogP contribution in [0.25, 0.3) is 0 Å². The fourth-order valence-corrected chi connectivity index (χ4v) is 4.09. The van der Waals surface area contributed by atoms with E-state index in [9.17, 15) is 5.11 Å². The van der Waals surface area contributed by atoms with Crippen LogP contribution in [0.2, 0.25) is 0 Å². The molecule has 0 saturated carbocycles. The molecule has 0 aromatic rings. The maximum atomic E-state index is 10.2. The fourth-order valence-electron chi connectivity index (χ4n) is 4.09. The van der Waals surface area contributed by atoms with Crippen LogP contribution in [0.15, 0.2) is 12.2 Å². The van der Waals surface area contributed by atoms with Crippen LogP contribution in [0.4, 0.5) is 0 Å². The molecule has 0 bridgehead atoms. The molecular formula is C26H52O3. The predicted octanol–water partition coefficient (Wildman–Crippen LogP) is 7.66. The van der Waals surface area contributed by atoms with Crippen molar-refractivity contribution in [2.24, 2.45) is 11.8 Å². The predicted molar refractivity (Wildman–Crippen MR) is 126 cm³/mol. The summed E-state index contributed by atoms with van der Waals surface area (Å²) in [6.07, 6.45) is 16.3. The number of methoxy groups -OCH3 is 1. The summed E-state index contributed by atoms with van der Waals surface area (Å²) < 4.78 is 11.8. The molecule has 0 aromatic heterocycles. The highest BCUT2D eigenvalue weighted by Gasteiger charge is 2.31. The minimum atomic E-state index is -0.893. The van der Waals surface area contributed by atoms with Crippen LogP contribution in [0, 0.1) is 11.8 Å². The molecule has 0 saturated heterocycles. The summed E-state index contributed by atoms with van der Waals surface area (Å²) in [5.74, 6) is 0.612. The third kappa shape index (κ3) is 13.5. The van der Waals surface area contributed by atoms with Crippen molar-refractivity contribution in [3.63, 3.8) is 0 Å². The van der Waals surface area contributed by atoms with E-state index in [1.807, 2.05) is 14.0 Å². The largest absolute Gasteiger partial charge is 0.381 e. The summed E-state index contributed by atoms with van der Waals surface area (Å²) in [4.78, 5) is 0. The van der Waals surface area contributed by atoms with Gasteiger partial charge in [-0.3, -0.25) is 0 Å². The Bertz CT molecular complexity index is 382. The average molecular weight is 413 g/mol. The van der Waals surface area contributed by atoms with Gasteiger partial charge in [-0.15, -0.1) is 0 Å². The molecule has 0 aliphatic heterocycles. The van der Waals surface area contributed by atoms with Crippen molar-refractivity contribution in [2.75, 3.05) is 7.11 Å². The van der Waals surface area contributed by atoms with Gasteiger partial charge >= 0.3 is 0 Å². The van der Waals surface area contributed by atoms with Gasteiger partial charge in [0.2, 0.25) is 0 Å². The number of aliphatic hydroxyl groups excluding tert-OH is 1. The van der Waals surface area contributed by atoms with Gasteiger partial charge < -0.3 is 14.6 Å². The smallest absolute Gasteiger partial charge is 0.176 e. The van der Waals surface area contributed by atoms with Gasteiger partial charge in [0.25, 0.3) is 0 Å². The number of hydrogen-bond acceptors (Lipinski definition) is 3. The molecule has 3 nitrogen and oxygen atoms in total. The number of rotatable bonds is 20. The fraction of sp³-hybridized carbons (Fsp3) is 0.923. The van der Waals surface area contributed by atoms with Crippen LogP contribution in [0.5, 0.6) is 0 Å². The first-order chi connectivity index (χ1) is 13.9. The Morgan fingerprint density at radius 1 is 0.862 bits per heavy atom. The Morgan fingerprint density at radius 3 is 1.76 bits per heavy atom. The zero-order chi connectivity index (χ0) is 22.1. The molecule has 0 spiro atoms. The first-order valence-electron chi connectivity index (χ1n) is 12.4. The maximum Gasteiger partial charge on any atom is 0.176 e. The molecule has 5 unspecified atom stereocenters. The first-order valence-corrected chi connectivity index (χ1v) is 12.4. The lowest BCUT2D eigenvalue weighted by atomic mass is 9.85. The van der Waals surface area contributed by atoms with Gasteiger partial charge in [0.15, 0.2) is 6.29 Å². The summed E-state index contributed by atoms with van der Waals surface area (Å²) in [7, 11) is 1.81. The molecule has 0 aliphatic rings. The summed E-state index contributed by atoms with van der Waals surface area (Å²) >= 11 is 0. The van der Waals surface area contributed by atoms with E-state index in [0.29, 0.717) is 11.5 Å². The summed E-state index contributed by atoms with van der Waals surface area (Å²) in [5.41, 5.74) is 0.657. The lowest BCUT2D eigenvalue weighted by Gasteiger charge is -2.35. The van der Waals surface area contributed by atoms with E-state index >= 15 is 0 Å². The quantitative estimate of drug-likeness (QED) is 0.127. The van der Waals surface area contributed by atoms with Gasteiger partial charge in [-0.25, -0.2) is 0 Å². The Morgan fingerprint density at radius 2 is 1.34 bits per heavy atom. The standard InChI is InChI=1S/C26H52O3/c1-8-10-11-12-13-14-15-16-17-18-19-20-24(28-7)23(6)25(22(5)9-2)29-26(27)21(3)4/h22-27H,3,8-20H2,1-2,4-7H3. The van der Waals surface area contributed by atoms with Gasteiger partial charge in [0.1, 0.15) is 0 Å². The maximum absolute atomic E-state index is 10.2. The van der Waals surface area contributed by atoms with Gasteiger partial charge in [0.05, 0.1) is 12.2 Å². The van der Waals surface area contributed by atoms with E-state index in [-0.39, 0.29) is 18.1 Å². The van der Waals surface area contributed by atoms with Crippen LogP contribution in [-0.4, -0.2) is 30.7 Å². The molecule has 0 amide bonds. The molecule has 0 aliphatic carbocycles. The molecule has 174 valence electrons. The van der Waals surface area contributed by atoms with Crippen molar-refractivity contribution in [3.05, 3.63) is 12.2 Å². The lowest BCUT2D eigenvalue weighted by molar-refractivity contribution is -0.160. The van der Waals surface area contributed by atoms with Crippen LogP contribution >= 0.6 is 0 Å². The molecule has 5 atom stereocenters. The SMILES string of the molecule is C=C(C)C(O)OC(C(C)CC)C(C)C(CCCCCCCCCCCCC)OC. The topological polar surface area (TPSA) is 38.7 Å². The molecule has 0 rings (SSSR count). The van der Waals surface area contributed by atoms with Crippen LogP contribution in [-0.2, 0) is 9.47 Å². The molecule has 0 aromatic carbocycles. The number of ether oxygens (including phenoxy) is 2. The van der Waals surface area contributed by atoms with E-state index in [2.05, 4.69) is 34.3 Å². The summed E-state index contributed by atoms with van der Waals surface area (Å²) in [6.45, 7) is 14.5. The minimum Gasteiger partial charge on any atom is -0.381 e. The van der Waals surface area contributed by atoms with Gasteiger partial charge in [-0.1, -0.05) is 111 Å². The van der Waals surface area contributed by atoms with E-state index in [0.717, 1.165) is 12.8 Å². The van der Waals surface area contributed by atoms with E-state index in [4.69, 9.17) is 9.47 Å². The van der Waals surface area contributed by atoms with Crippen LogP contribution in [0.1, 0.15) is 118 Å². The highest BCUT2D eigenvalue weighted by atomic mass is 16.6. The molecule has 1 N–H and O–H groups in total. The van der Waals surface area contributed by atoms with Gasteiger partial charge in [0, 0.05) is 13.0 Å². The number of aliphatic hydroxyl groups is 1. The molecule has 29 heavy (non-hydrogen) atoms. The highest BCUT2D eigenvalue weighted by Crippen LogP contribution is 2.28. The monoisotopic (exact) mass is 412 g/mol. The van der Waals surface area contributed by atoms with E-state index in [1.54, 1.807) is 0 Å². The number of hydrogen-bond donors (Lipinski definition) is 1. The van der Waals surface area contributed by atoms with Crippen molar-refractivity contribution >= 4 is 0 Å². The average Bonchev–Trinajstić information content (AvgIpc) is 2.71. The van der Waals surface area contributed by atoms with Crippen molar-refractivity contribution in [2.45, 2.75) is 137 Å². The normalized spacial score (nSPS) is 16.9. The Hall–Kier alpha value is -0.380. The second kappa shape index (κ2) is 18.4. The van der Waals surface area contributed by atoms with Crippen molar-refractivity contribution in [1.29, 1.82) is 0 Å². The molecular weight excluding hydrogens is 360 g/mol. The zero-order valence-corrected chi connectivity index (χ0v) is 20.5. The summed E-state index contributed by atoms with van der Waals surface area (Å²) in [6, 6.07) is 0. The Labute approximate surface area is 182 Å². The van der Waals surface area contributed by atoms with Crippen LogP contribution in [0.3, 0.4) is 0 Å². The third-order valence-corrected chi connectivity index (χ3v) is 6.41. The van der Waals surface area contributed by atoms with Crippen LogP contribution < -0.4 is 0 Å². The van der Waals surface area contributed by atoms with Gasteiger partial charge in [-0.2, -0.15) is 0 Å². The Balaban J connectivity index is 4.18. The van der Waals surface area contributed by atoms with E-state index in [1.165, 1.54) is 70.6 Å². The van der Waals surface area contributed by atoms with Crippen molar-refractivity contribution < 1.29 is 14.6 Å². The third-order valence-electron chi connectivity index (χ3n) is 6.41. The minimum absolute atomic E-state index is 0.0237. The van der Waals surface area contributed by atoms with Crippen molar-refractivity contribution in [3.8, 4) is 0 Å². The highest BCUT2D eigenvalue weighted by molar-refractivity contribution is 4.93. The molecule has 3 heteroatoms. The second-order valence-corrected chi connectivity index (χ2v) is 9.14. The zero-order valence-electron chi connectivity index (χ0n) is 20.5.